The molecule has 0 aliphatic heterocycles. The number of aromatic nitrogens is 1. The first-order valence-electron chi connectivity index (χ1n) is 9.90. The Balaban J connectivity index is 1.70. The Labute approximate surface area is 183 Å². The third kappa shape index (κ3) is 6.37. The molecule has 32 heavy (non-hydrogen) atoms. The lowest BCUT2D eigenvalue weighted by Gasteiger charge is -2.17. The zero-order valence-corrected chi connectivity index (χ0v) is 17.4. The molecule has 0 spiro atoms. The zero-order chi connectivity index (χ0) is 23.1. The van der Waals surface area contributed by atoms with Crippen molar-refractivity contribution in [3.8, 4) is 17.4 Å². The minimum atomic E-state index is -4.78. The fourth-order valence-electron chi connectivity index (χ4n) is 2.90. The summed E-state index contributed by atoms with van der Waals surface area (Å²) in [5.41, 5.74) is 1.64. The molecule has 3 rings (SSSR count). The molecule has 168 valence electrons. The molecule has 2 aromatic carbocycles. The molecule has 1 unspecified atom stereocenters. The largest absolute Gasteiger partial charge is 0.573 e. The zero-order valence-electron chi connectivity index (χ0n) is 17.4. The number of para-hydroxylation sites is 1. The van der Waals surface area contributed by atoms with Gasteiger partial charge in [0.2, 0.25) is 5.88 Å². The van der Waals surface area contributed by atoms with Gasteiger partial charge in [0.25, 0.3) is 0 Å². The molecule has 1 heterocycles. The Bertz CT molecular complexity index is 1060. The standard InChI is InChI=1S/C23H22F3N3O3/c1-3-15(2)18-7-4-5-9-20(18)31-21-19(8-6-14-27-21)29-22(30)28-16-10-12-17(13-11-16)32-23(24,25)26/h4-15H,3H2,1-2H3,(H2,28,29,30). The highest BCUT2D eigenvalue weighted by Gasteiger charge is 2.31. The lowest BCUT2D eigenvalue weighted by molar-refractivity contribution is -0.274. The van der Waals surface area contributed by atoms with Crippen molar-refractivity contribution < 1.29 is 27.4 Å². The van der Waals surface area contributed by atoms with E-state index in [1.165, 1.54) is 12.1 Å². The average molecular weight is 445 g/mol. The number of urea groups is 1. The maximum absolute atomic E-state index is 12.4. The van der Waals surface area contributed by atoms with Crippen LogP contribution in [-0.2, 0) is 0 Å². The first-order chi connectivity index (χ1) is 15.2. The van der Waals surface area contributed by atoms with Crippen LogP contribution < -0.4 is 20.1 Å². The number of carbonyl (C=O) groups is 1. The number of pyridine rings is 1. The van der Waals surface area contributed by atoms with E-state index in [4.69, 9.17) is 4.74 Å². The summed E-state index contributed by atoms with van der Waals surface area (Å²) in [5, 5.41) is 5.19. The third-order valence-electron chi connectivity index (χ3n) is 4.63. The number of anilines is 2. The monoisotopic (exact) mass is 445 g/mol. The molecule has 1 aromatic heterocycles. The summed E-state index contributed by atoms with van der Waals surface area (Å²) in [4.78, 5) is 16.6. The second kappa shape index (κ2) is 10.0. The Morgan fingerprint density at radius 3 is 2.44 bits per heavy atom. The van der Waals surface area contributed by atoms with Gasteiger partial charge in [0.05, 0.1) is 0 Å². The summed E-state index contributed by atoms with van der Waals surface area (Å²) in [5.74, 6) is 0.752. The molecule has 0 bridgehead atoms. The number of hydrogen-bond donors (Lipinski definition) is 2. The van der Waals surface area contributed by atoms with Crippen molar-refractivity contribution in [3.05, 3.63) is 72.4 Å². The van der Waals surface area contributed by atoms with Gasteiger partial charge in [0.1, 0.15) is 17.2 Å². The van der Waals surface area contributed by atoms with E-state index in [0.29, 0.717) is 11.4 Å². The Hall–Kier alpha value is -3.75. The normalized spacial score (nSPS) is 12.0. The second-order valence-electron chi connectivity index (χ2n) is 6.96. The summed E-state index contributed by atoms with van der Waals surface area (Å²) in [6.45, 7) is 4.18. The summed E-state index contributed by atoms with van der Waals surface area (Å²) >= 11 is 0. The van der Waals surface area contributed by atoms with E-state index in [1.807, 2.05) is 24.3 Å². The van der Waals surface area contributed by atoms with Crippen LogP contribution in [0.3, 0.4) is 0 Å². The molecule has 0 aliphatic carbocycles. The number of hydrogen-bond acceptors (Lipinski definition) is 4. The van der Waals surface area contributed by atoms with Gasteiger partial charge in [-0.3, -0.25) is 0 Å². The van der Waals surface area contributed by atoms with Gasteiger partial charge < -0.3 is 20.1 Å². The Morgan fingerprint density at radius 2 is 1.75 bits per heavy atom. The number of nitrogens with one attached hydrogen (secondary N) is 2. The number of benzene rings is 2. The lowest BCUT2D eigenvalue weighted by Crippen LogP contribution is -2.20. The van der Waals surface area contributed by atoms with Crippen LogP contribution in [0.25, 0.3) is 0 Å². The smallest absolute Gasteiger partial charge is 0.437 e. The summed E-state index contributed by atoms with van der Waals surface area (Å²) in [6.07, 6.45) is -2.30. The molecule has 0 saturated heterocycles. The van der Waals surface area contributed by atoms with E-state index in [2.05, 4.69) is 34.2 Å². The van der Waals surface area contributed by atoms with Gasteiger partial charge in [-0.25, -0.2) is 9.78 Å². The Kier molecular flexibility index (Phi) is 7.19. The van der Waals surface area contributed by atoms with E-state index in [0.717, 1.165) is 24.1 Å². The lowest BCUT2D eigenvalue weighted by atomic mass is 9.98. The average Bonchev–Trinajstić information content (AvgIpc) is 2.75. The van der Waals surface area contributed by atoms with E-state index in [1.54, 1.807) is 18.3 Å². The van der Waals surface area contributed by atoms with Gasteiger partial charge >= 0.3 is 12.4 Å². The quantitative estimate of drug-likeness (QED) is 0.414. The van der Waals surface area contributed by atoms with Gasteiger partial charge in [-0.05, 0) is 60.4 Å². The molecule has 2 amide bonds. The van der Waals surface area contributed by atoms with E-state index < -0.39 is 12.4 Å². The van der Waals surface area contributed by atoms with Crippen molar-refractivity contribution in [3.63, 3.8) is 0 Å². The third-order valence-corrected chi connectivity index (χ3v) is 4.63. The van der Waals surface area contributed by atoms with Crippen LogP contribution >= 0.6 is 0 Å². The van der Waals surface area contributed by atoms with Crippen molar-refractivity contribution >= 4 is 17.4 Å². The molecular weight excluding hydrogens is 423 g/mol. The second-order valence-corrected chi connectivity index (χ2v) is 6.96. The maximum atomic E-state index is 12.4. The number of nitrogens with zero attached hydrogens (tertiary/aromatic N) is 1. The number of amides is 2. The van der Waals surface area contributed by atoms with Gasteiger partial charge in [-0.1, -0.05) is 32.0 Å². The van der Waals surface area contributed by atoms with Crippen molar-refractivity contribution in [2.24, 2.45) is 0 Å². The highest BCUT2D eigenvalue weighted by atomic mass is 19.4. The van der Waals surface area contributed by atoms with E-state index in [-0.39, 0.29) is 23.2 Å². The summed E-state index contributed by atoms with van der Waals surface area (Å²) in [6, 6.07) is 15.1. The van der Waals surface area contributed by atoms with Gasteiger partial charge in [-0.2, -0.15) is 0 Å². The Morgan fingerprint density at radius 1 is 1.03 bits per heavy atom. The molecule has 0 aliphatic rings. The molecule has 6 nitrogen and oxygen atoms in total. The van der Waals surface area contributed by atoms with Crippen LogP contribution in [0.5, 0.6) is 17.4 Å². The van der Waals surface area contributed by atoms with Crippen molar-refractivity contribution in [1.29, 1.82) is 0 Å². The first kappa shape index (κ1) is 22.9. The number of alkyl halides is 3. The number of ether oxygens (including phenoxy) is 2. The minimum Gasteiger partial charge on any atom is -0.437 e. The molecule has 3 aromatic rings. The van der Waals surface area contributed by atoms with Gasteiger partial charge in [0.15, 0.2) is 0 Å². The topological polar surface area (TPSA) is 72.5 Å². The van der Waals surface area contributed by atoms with Gasteiger partial charge in [0, 0.05) is 11.9 Å². The molecule has 0 radical (unpaired) electrons. The number of rotatable bonds is 7. The van der Waals surface area contributed by atoms with E-state index in [9.17, 15) is 18.0 Å². The maximum Gasteiger partial charge on any atom is 0.573 e. The fraction of sp³-hybridized carbons (Fsp3) is 0.217. The SMILES string of the molecule is CCC(C)c1ccccc1Oc1ncccc1NC(=O)Nc1ccc(OC(F)(F)F)cc1. The minimum absolute atomic E-state index is 0.215. The van der Waals surface area contributed by atoms with Crippen LogP contribution in [-0.4, -0.2) is 17.4 Å². The predicted octanol–water partition coefficient (Wildman–Crippen LogP) is 6.93. The summed E-state index contributed by atoms with van der Waals surface area (Å²) < 4.78 is 46.6. The van der Waals surface area contributed by atoms with Crippen LogP contribution in [0, 0.1) is 0 Å². The first-order valence-corrected chi connectivity index (χ1v) is 9.90. The molecule has 0 saturated carbocycles. The number of carbonyl (C=O) groups excluding carboxylic acids is 1. The van der Waals surface area contributed by atoms with Gasteiger partial charge in [-0.15, -0.1) is 13.2 Å². The summed E-state index contributed by atoms with van der Waals surface area (Å²) in [7, 11) is 0. The highest BCUT2D eigenvalue weighted by Crippen LogP contribution is 2.34. The van der Waals surface area contributed by atoms with E-state index >= 15 is 0 Å². The van der Waals surface area contributed by atoms with Crippen molar-refractivity contribution in [1.82, 2.24) is 4.98 Å². The number of halogens is 3. The van der Waals surface area contributed by atoms with Crippen LogP contribution in [0.2, 0.25) is 0 Å². The van der Waals surface area contributed by atoms with Crippen molar-refractivity contribution in [2.75, 3.05) is 10.6 Å². The molecule has 0 fully saturated rings. The highest BCUT2D eigenvalue weighted by molar-refractivity contribution is 6.00. The molecule has 9 heteroatoms. The van der Waals surface area contributed by atoms with Crippen LogP contribution in [0.4, 0.5) is 29.3 Å². The fourth-order valence-corrected chi connectivity index (χ4v) is 2.90. The predicted molar refractivity (Wildman–Crippen MR) is 115 cm³/mol. The molecule has 1 atom stereocenters. The van der Waals surface area contributed by atoms with Crippen LogP contribution in [0.15, 0.2) is 66.9 Å². The van der Waals surface area contributed by atoms with Crippen molar-refractivity contribution in [2.45, 2.75) is 32.5 Å². The molecular formula is C23H22F3N3O3. The molecule has 2 N–H and O–H groups in total. The van der Waals surface area contributed by atoms with Crippen LogP contribution in [0.1, 0.15) is 31.7 Å².